The molecule has 0 unspecified atom stereocenters. The molecule has 6 heteroatoms. The van der Waals surface area contributed by atoms with Gasteiger partial charge in [0.1, 0.15) is 11.6 Å². The lowest BCUT2D eigenvalue weighted by Crippen LogP contribution is -2.15. The summed E-state index contributed by atoms with van der Waals surface area (Å²) in [5.74, 6) is 1.34. The molecule has 2 aromatic heterocycles. The third-order valence-corrected chi connectivity index (χ3v) is 3.84. The zero-order valence-electron chi connectivity index (χ0n) is 14.7. The molecule has 0 aliphatic heterocycles. The Hall–Kier alpha value is -2.24. The molecule has 0 fully saturated rings. The molecule has 1 amide bonds. The number of amides is 1. The Morgan fingerprint density at radius 3 is 2.62 bits per heavy atom. The van der Waals surface area contributed by atoms with Crippen molar-refractivity contribution in [2.24, 2.45) is 0 Å². The molecule has 24 heavy (non-hydrogen) atoms. The predicted octanol–water partition coefficient (Wildman–Crippen LogP) is 3.85. The van der Waals surface area contributed by atoms with Gasteiger partial charge in [0.25, 0.3) is 5.91 Å². The Kier molecular flexibility index (Phi) is 7.39. The van der Waals surface area contributed by atoms with E-state index in [1.54, 1.807) is 12.3 Å². The summed E-state index contributed by atoms with van der Waals surface area (Å²) >= 11 is 0. The average Bonchev–Trinajstić information content (AvgIpc) is 3.00. The highest BCUT2D eigenvalue weighted by molar-refractivity contribution is 6.00. The number of carbonyl (C=O) groups is 1. The number of nitrogens with zero attached hydrogens (tertiary/aromatic N) is 4. The number of unbranched alkanes of at least 4 members (excludes halogenated alkanes) is 4. The molecule has 2 rings (SSSR count). The maximum Gasteiger partial charge on any atom is 0.296 e. The van der Waals surface area contributed by atoms with Crippen molar-refractivity contribution in [3.05, 3.63) is 36.0 Å². The standard InChI is InChI=1S/C18H27N5O/c1-3-5-7-12-16-21-17(22-23(16)14-10-6-4-2)18(24)20-15-11-8-9-13-19-15/h8-9,11,13H,3-7,10,12,14H2,1-2H3,(H,19,20,24). The second-order valence-electron chi connectivity index (χ2n) is 5.91. The van der Waals surface area contributed by atoms with Crippen molar-refractivity contribution in [1.82, 2.24) is 19.7 Å². The van der Waals surface area contributed by atoms with Gasteiger partial charge in [-0.15, -0.1) is 5.10 Å². The van der Waals surface area contributed by atoms with Crippen LogP contribution in [0.2, 0.25) is 0 Å². The first kappa shape index (κ1) is 18.1. The zero-order valence-corrected chi connectivity index (χ0v) is 14.7. The smallest absolute Gasteiger partial charge is 0.296 e. The van der Waals surface area contributed by atoms with E-state index in [4.69, 9.17) is 0 Å². The predicted molar refractivity (Wildman–Crippen MR) is 95.0 cm³/mol. The SMILES string of the molecule is CCCCCc1nc(C(=O)Nc2ccccn2)nn1CCCCC. The quantitative estimate of drug-likeness (QED) is 0.672. The number of nitrogens with one attached hydrogen (secondary N) is 1. The van der Waals surface area contributed by atoms with Gasteiger partial charge >= 0.3 is 0 Å². The molecule has 0 aliphatic rings. The highest BCUT2D eigenvalue weighted by Crippen LogP contribution is 2.09. The molecule has 2 aromatic rings. The van der Waals surface area contributed by atoms with Crippen molar-refractivity contribution in [2.45, 2.75) is 65.3 Å². The van der Waals surface area contributed by atoms with Gasteiger partial charge in [0.2, 0.25) is 5.82 Å². The summed E-state index contributed by atoms with van der Waals surface area (Å²) in [6.07, 6.45) is 9.28. The molecule has 0 spiro atoms. The first-order chi connectivity index (χ1) is 11.7. The fraction of sp³-hybridized carbons (Fsp3) is 0.556. The Labute approximate surface area is 143 Å². The maximum atomic E-state index is 12.4. The average molecular weight is 329 g/mol. The fourth-order valence-electron chi connectivity index (χ4n) is 2.49. The minimum atomic E-state index is -0.306. The van der Waals surface area contributed by atoms with Crippen LogP contribution in [0.3, 0.4) is 0 Å². The number of hydrogen-bond acceptors (Lipinski definition) is 4. The van der Waals surface area contributed by atoms with Crippen molar-refractivity contribution < 1.29 is 4.79 Å². The summed E-state index contributed by atoms with van der Waals surface area (Å²) in [4.78, 5) is 20.9. The van der Waals surface area contributed by atoms with Crippen LogP contribution in [0, 0.1) is 0 Å². The molecule has 130 valence electrons. The molecule has 1 N–H and O–H groups in total. The van der Waals surface area contributed by atoms with Crippen LogP contribution in [0.15, 0.2) is 24.4 Å². The van der Waals surface area contributed by atoms with Crippen LogP contribution in [-0.4, -0.2) is 25.7 Å². The third-order valence-electron chi connectivity index (χ3n) is 3.84. The normalized spacial score (nSPS) is 10.8. The van der Waals surface area contributed by atoms with Crippen LogP contribution in [-0.2, 0) is 13.0 Å². The van der Waals surface area contributed by atoms with E-state index in [0.29, 0.717) is 5.82 Å². The number of aryl methyl sites for hydroxylation is 2. The van der Waals surface area contributed by atoms with Crippen molar-refractivity contribution in [3.63, 3.8) is 0 Å². The molecular weight excluding hydrogens is 302 g/mol. The van der Waals surface area contributed by atoms with Gasteiger partial charge in [-0.25, -0.2) is 14.6 Å². The van der Waals surface area contributed by atoms with E-state index in [2.05, 4.69) is 34.2 Å². The van der Waals surface area contributed by atoms with Gasteiger partial charge in [0, 0.05) is 19.2 Å². The van der Waals surface area contributed by atoms with Gasteiger partial charge in [-0.3, -0.25) is 4.79 Å². The van der Waals surface area contributed by atoms with Gasteiger partial charge < -0.3 is 5.32 Å². The molecule has 0 bridgehead atoms. The van der Waals surface area contributed by atoms with Crippen LogP contribution in [0.5, 0.6) is 0 Å². The Bertz CT molecular complexity index is 596. The number of hydrogen-bond donors (Lipinski definition) is 1. The summed E-state index contributed by atoms with van der Waals surface area (Å²) in [5.41, 5.74) is 0. The summed E-state index contributed by atoms with van der Waals surface area (Å²) in [6, 6.07) is 5.38. The monoisotopic (exact) mass is 329 g/mol. The van der Waals surface area contributed by atoms with Gasteiger partial charge in [-0.05, 0) is 25.0 Å². The van der Waals surface area contributed by atoms with Gasteiger partial charge in [0.15, 0.2) is 0 Å². The number of anilines is 1. The summed E-state index contributed by atoms with van der Waals surface area (Å²) in [7, 11) is 0. The lowest BCUT2D eigenvalue weighted by Gasteiger charge is -2.04. The molecule has 0 saturated heterocycles. The minimum Gasteiger partial charge on any atom is -0.304 e. The molecule has 6 nitrogen and oxygen atoms in total. The Balaban J connectivity index is 2.07. The summed E-state index contributed by atoms with van der Waals surface area (Å²) in [6.45, 7) is 5.17. The van der Waals surface area contributed by atoms with Crippen LogP contribution in [0.25, 0.3) is 0 Å². The van der Waals surface area contributed by atoms with Crippen LogP contribution < -0.4 is 5.32 Å². The summed E-state index contributed by atoms with van der Waals surface area (Å²) < 4.78 is 1.90. The van der Waals surface area contributed by atoms with Gasteiger partial charge in [-0.1, -0.05) is 45.6 Å². The van der Waals surface area contributed by atoms with Crippen LogP contribution in [0.4, 0.5) is 5.82 Å². The molecule has 0 radical (unpaired) electrons. The fourth-order valence-corrected chi connectivity index (χ4v) is 2.49. The van der Waals surface area contributed by atoms with Gasteiger partial charge in [-0.2, -0.15) is 0 Å². The van der Waals surface area contributed by atoms with E-state index < -0.39 is 0 Å². The van der Waals surface area contributed by atoms with E-state index in [0.717, 1.165) is 57.3 Å². The summed E-state index contributed by atoms with van der Waals surface area (Å²) in [5, 5.41) is 7.17. The van der Waals surface area contributed by atoms with E-state index >= 15 is 0 Å². The number of pyridine rings is 1. The second kappa shape index (κ2) is 9.80. The molecule has 0 aliphatic carbocycles. The van der Waals surface area contributed by atoms with Gasteiger partial charge in [0.05, 0.1) is 0 Å². The van der Waals surface area contributed by atoms with Crippen LogP contribution >= 0.6 is 0 Å². The number of aromatic nitrogens is 4. The van der Waals surface area contributed by atoms with Crippen LogP contribution in [0.1, 0.15) is 68.8 Å². The lowest BCUT2D eigenvalue weighted by atomic mass is 10.2. The molecule has 0 atom stereocenters. The zero-order chi connectivity index (χ0) is 17.2. The molecule has 0 aromatic carbocycles. The molecular formula is C18H27N5O. The van der Waals surface area contributed by atoms with Crippen molar-refractivity contribution in [3.8, 4) is 0 Å². The second-order valence-corrected chi connectivity index (χ2v) is 5.91. The van der Waals surface area contributed by atoms with E-state index in [1.165, 1.54) is 0 Å². The van der Waals surface area contributed by atoms with Crippen molar-refractivity contribution in [2.75, 3.05) is 5.32 Å². The minimum absolute atomic E-state index is 0.226. The maximum absolute atomic E-state index is 12.4. The number of carbonyl (C=O) groups excluding carboxylic acids is 1. The highest BCUT2D eigenvalue weighted by Gasteiger charge is 2.16. The Morgan fingerprint density at radius 1 is 1.12 bits per heavy atom. The van der Waals surface area contributed by atoms with E-state index in [9.17, 15) is 4.79 Å². The Morgan fingerprint density at radius 2 is 1.92 bits per heavy atom. The first-order valence-electron chi connectivity index (χ1n) is 8.90. The van der Waals surface area contributed by atoms with Crippen molar-refractivity contribution in [1.29, 1.82) is 0 Å². The largest absolute Gasteiger partial charge is 0.304 e. The van der Waals surface area contributed by atoms with E-state index in [-0.39, 0.29) is 11.7 Å². The lowest BCUT2D eigenvalue weighted by molar-refractivity contribution is 0.101. The third kappa shape index (κ3) is 5.44. The highest BCUT2D eigenvalue weighted by atomic mass is 16.2. The number of rotatable bonds is 10. The molecule has 0 saturated carbocycles. The topological polar surface area (TPSA) is 72.7 Å². The van der Waals surface area contributed by atoms with Crippen molar-refractivity contribution >= 4 is 11.7 Å². The van der Waals surface area contributed by atoms with E-state index in [1.807, 2.05) is 16.8 Å². The first-order valence-corrected chi connectivity index (χ1v) is 8.90. The molecule has 2 heterocycles.